The van der Waals surface area contributed by atoms with Crippen molar-refractivity contribution in [1.29, 1.82) is 0 Å². The third-order valence-electron chi connectivity index (χ3n) is 6.17. The van der Waals surface area contributed by atoms with E-state index in [4.69, 9.17) is 38.8 Å². The largest absolute Gasteiger partial charge is 0.490 e. The number of rotatable bonds is 7. The van der Waals surface area contributed by atoms with Crippen LogP contribution in [0.3, 0.4) is 0 Å². The van der Waals surface area contributed by atoms with Gasteiger partial charge in [-0.2, -0.15) is 0 Å². The molecule has 2 amide bonds. The van der Waals surface area contributed by atoms with E-state index in [-0.39, 0.29) is 50.9 Å². The number of nitrogens with two attached hydrogens (primary N) is 1. The predicted octanol–water partition coefficient (Wildman–Crippen LogP) is 3.65. The molecule has 0 spiro atoms. The number of aromatic nitrogens is 2. The molecule has 1 saturated heterocycles. The molecular weight excluding hydrogens is 573 g/mol. The highest BCUT2D eigenvalue weighted by atomic mass is 35.5. The van der Waals surface area contributed by atoms with Gasteiger partial charge in [-0.25, -0.2) is 4.39 Å². The number of nitrogens with zero attached hydrogens (tertiary/aromatic N) is 3. The number of aliphatic hydroxyl groups is 1. The zero-order valence-electron chi connectivity index (χ0n) is 22.0. The Morgan fingerprint density at radius 3 is 2.54 bits per heavy atom. The molecule has 0 saturated carbocycles. The van der Waals surface area contributed by atoms with Crippen molar-refractivity contribution in [3.05, 3.63) is 75.1 Å². The Morgan fingerprint density at radius 1 is 1.20 bits per heavy atom. The molecule has 1 aromatic heterocycles. The molecule has 1 radical (unpaired) electrons. The minimum absolute atomic E-state index is 0.0256. The van der Waals surface area contributed by atoms with Gasteiger partial charge < -0.3 is 31.1 Å². The van der Waals surface area contributed by atoms with Crippen LogP contribution in [0.4, 0.5) is 15.9 Å². The molecule has 0 aliphatic carbocycles. The van der Waals surface area contributed by atoms with Crippen molar-refractivity contribution in [2.45, 2.75) is 31.9 Å². The summed E-state index contributed by atoms with van der Waals surface area (Å²) < 4.78 is 20.0. The molecular formula is C27H25BCl2FN6O4. The van der Waals surface area contributed by atoms with Crippen LogP contribution in [-0.4, -0.2) is 64.5 Å². The van der Waals surface area contributed by atoms with E-state index in [2.05, 4.69) is 26.7 Å². The molecule has 1 fully saturated rings. The first-order valence-electron chi connectivity index (χ1n) is 12.4. The maximum atomic E-state index is 14.2. The lowest BCUT2D eigenvalue weighted by Crippen LogP contribution is -2.55. The van der Waals surface area contributed by atoms with Crippen LogP contribution in [0.2, 0.25) is 10.0 Å². The van der Waals surface area contributed by atoms with Crippen LogP contribution >= 0.6 is 23.2 Å². The number of aliphatic hydroxyl groups excluding tert-OH is 1. The van der Waals surface area contributed by atoms with Gasteiger partial charge >= 0.3 is 0 Å². The Bertz CT molecular complexity index is 1510. The number of nitrogens with one attached hydrogen (secondary N) is 2. The van der Waals surface area contributed by atoms with Gasteiger partial charge in [0.05, 0.1) is 11.1 Å². The van der Waals surface area contributed by atoms with E-state index in [1.54, 1.807) is 35.3 Å². The summed E-state index contributed by atoms with van der Waals surface area (Å²) in [5.74, 6) is 0.540. The third kappa shape index (κ3) is 7.19. The summed E-state index contributed by atoms with van der Waals surface area (Å²) >= 11 is 12.3. The molecule has 4 rings (SSSR count). The van der Waals surface area contributed by atoms with Crippen molar-refractivity contribution >= 4 is 53.8 Å². The van der Waals surface area contributed by atoms with E-state index < -0.39 is 17.7 Å². The zero-order chi connectivity index (χ0) is 29.7. The first-order valence-corrected chi connectivity index (χ1v) is 13.2. The molecule has 1 aliphatic heterocycles. The highest BCUT2D eigenvalue weighted by Crippen LogP contribution is 2.35. The summed E-state index contributed by atoms with van der Waals surface area (Å²) in [4.78, 5) is 27.7. The summed E-state index contributed by atoms with van der Waals surface area (Å²) in [6.07, 6.45) is 1.70. The van der Waals surface area contributed by atoms with Crippen molar-refractivity contribution in [2.75, 3.05) is 24.1 Å². The first-order chi connectivity index (χ1) is 19.6. The van der Waals surface area contributed by atoms with Gasteiger partial charge in [-0.05, 0) is 50.2 Å². The topological polar surface area (TPSA) is 143 Å². The van der Waals surface area contributed by atoms with Gasteiger partial charge in [0.25, 0.3) is 19.1 Å². The maximum absolute atomic E-state index is 14.2. The average Bonchev–Trinajstić information content (AvgIpc) is 2.94. The van der Waals surface area contributed by atoms with Crippen LogP contribution in [0.25, 0.3) is 0 Å². The standard InChI is InChI=1S/C27H25BCl2FN6O4/c1-14-12-37(13-15(2)33-14)27(40)16-3-5-17(6-4-16)34-26(39)20-11-21(25(32)36-35-20)41-24(28-9-10-38)22-18(29)7-8-19(31)23(22)30/h3-8,11,14-15,24,33,38H,12-13H2,1-2H3,(H2,32,36)(H,34,39)/t14-,15+,24-/m0/s1. The van der Waals surface area contributed by atoms with Crippen LogP contribution < -0.4 is 21.1 Å². The molecule has 0 unspecified atom stereocenters. The fraction of sp³-hybridized carbons (Fsp3) is 0.259. The summed E-state index contributed by atoms with van der Waals surface area (Å²) in [6.45, 7) is 5.26. The van der Waals surface area contributed by atoms with Gasteiger partial charge in [-0.15, -0.1) is 16.0 Å². The van der Waals surface area contributed by atoms with Crippen LogP contribution in [0.15, 0.2) is 42.5 Å². The van der Waals surface area contributed by atoms with E-state index in [1.807, 2.05) is 13.8 Å². The number of amides is 2. The number of carbonyl (C=O) groups excluding carboxylic acids is 2. The number of carbonyl (C=O) groups is 2. The number of hydrogen-bond acceptors (Lipinski definition) is 8. The first kappa shape index (κ1) is 29.9. The molecule has 1 aliphatic rings. The van der Waals surface area contributed by atoms with Gasteiger partial charge in [0.15, 0.2) is 17.3 Å². The van der Waals surface area contributed by atoms with E-state index in [9.17, 15) is 14.0 Å². The molecule has 3 atom stereocenters. The number of ether oxygens (including phenoxy) is 1. The smallest absolute Gasteiger partial charge is 0.278 e. The van der Waals surface area contributed by atoms with Crippen LogP contribution in [0.1, 0.15) is 46.3 Å². The lowest BCUT2D eigenvalue weighted by molar-refractivity contribution is 0.0673. The predicted molar refractivity (Wildman–Crippen MR) is 154 cm³/mol. The monoisotopic (exact) mass is 597 g/mol. The van der Waals surface area contributed by atoms with Gasteiger partial charge in [0.1, 0.15) is 11.8 Å². The molecule has 3 aromatic rings. The van der Waals surface area contributed by atoms with Crippen LogP contribution in [-0.2, 0) is 0 Å². The van der Waals surface area contributed by atoms with E-state index in [0.717, 1.165) is 6.07 Å². The second-order valence-electron chi connectivity index (χ2n) is 9.41. The highest BCUT2D eigenvalue weighted by Gasteiger charge is 2.27. The number of benzene rings is 2. The second kappa shape index (κ2) is 13.1. The number of anilines is 2. The fourth-order valence-corrected chi connectivity index (χ4v) is 4.97. The lowest BCUT2D eigenvalue weighted by atomic mass is 9.69. The van der Waals surface area contributed by atoms with Gasteiger partial charge in [0, 0.05) is 53.1 Å². The second-order valence-corrected chi connectivity index (χ2v) is 10.2. The van der Waals surface area contributed by atoms with E-state index in [0.29, 0.717) is 24.3 Å². The SMILES string of the molecule is C[C@@H]1CN(C(=O)c2ccc(NC(=O)c3cc(O[C@H]([B]C#CO)c4c(Cl)ccc(F)c4Cl)c(N)nn3)cc2)C[C@H](C)N1. The molecule has 211 valence electrons. The van der Waals surface area contributed by atoms with E-state index in [1.165, 1.54) is 19.4 Å². The summed E-state index contributed by atoms with van der Waals surface area (Å²) in [7, 11) is 1.18. The number of nitrogen functional groups attached to an aromatic ring is 1. The molecule has 10 nitrogen and oxygen atoms in total. The number of hydrogen-bond donors (Lipinski definition) is 4. The normalized spacial score (nSPS) is 17.1. The minimum Gasteiger partial charge on any atom is -0.490 e. The quantitative estimate of drug-likeness (QED) is 0.184. The van der Waals surface area contributed by atoms with Gasteiger partial charge in [-0.1, -0.05) is 23.2 Å². The highest BCUT2D eigenvalue weighted by molar-refractivity contribution is 6.49. The Morgan fingerprint density at radius 2 is 1.88 bits per heavy atom. The Hall–Kier alpha value is -4.05. The third-order valence-corrected chi connectivity index (χ3v) is 6.88. The van der Waals surface area contributed by atoms with Crippen molar-refractivity contribution in [2.24, 2.45) is 0 Å². The van der Waals surface area contributed by atoms with E-state index >= 15 is 0 Å². The number of halogens is 3. The van der Waals surface area contributed by atoms with Crippen molar-refractivity contribution < 1.29 is 23.8 Å². The Balaban J connectivity index is 1.50. The van der Waals surface area contributed by atoms with Crippen molar-refractivity contribution in [1.82, 2.24) is 20.4 Å². The molecule has 41 heavy (non-hydrogen) atoms. The zero-order valence-corrected chi connectivity index (χ0v) is 23.5. The Kier molecular flexibility index (Phi) is 9.55. The maximum Gasteiger partial charge on any atom is 0.278 e. The summed E-state index contributed by atoms with van der Waals surface area (Å²) in [5, 5.41) is 22.4. The molecule has 0 bridgehead atoms. The van der Waals surface area contributed by atoms with Gasteiger partial charge in [0.2, 0.25) is 0 Å². The average molecular weight is 598 g/mol. The molecule has 2 heterocycles. The lowest BCUT2D eigenvalue weighted by Gasteiger charge is -2.36. The van der Waals surface area contributed by atoms with Crippen LogP contribution in [0.5, 0.6) is 5.75 Å². The Labute approximate surface area is 246 Å². The molecule has 14 heteroatoms. The number of piperazine rings is 1. The van der Waals surface area contributed by atoms with Crippen LogP contribution in [0, 0.1) is 17.7 Å². The molecule has 2 aromatic carbocycles. The van der Waals surface area contributed by atoms with Crippen molar-refractivity contribution in [3.8, 4) is 17.7 Å². The van der Waals surface area contributed by atoms with Crippen molar-refractivity contribution in [3.63, 3.8) is 0 Å². The molecule has 5 N–H and O–H groups in total. The fourth-order valence-electron chi connectivity index (χ4n) is 4.39. The summed E-state index contributed by atoms with van der Waals surface area (Å²) in [5.41, 5.74) is 6.70. The summed E-state index contributed by atoms with van der Waals surface area (Å²) in [6, 6.07) is 9.26. The van der Waals surface area contributed by atoms with Gasteiger partial charge in [-0.3, -0.25) is 9.59 Å². The minimum atomic E-state index is -1.19.